The lowest BCUT2D eigenvalue weighted by Gasteiger charge is -2.17. The molecule has 1 rings (SSSR count). The van der Waals surface area contributed by atoms with Crippen molar-refractivity contribution in [3.05, 3.63) is 17.2 Å². The molecule has 3 N–H and O–H groups in total. The smallest absolute Gasteiger partial charge is 0.492 e. The first kappa shape index (κ1) is 13.5. The van der Waals surface area contributed by atoms with Gasteiger partial charge in [-0.2, -0.15) is 0 Å². The molecule has 6 heteroatoms. The highest BCUT2D eigenvalue weighted by atomic mass is 16.5. The average molecular weight is 237 g/mol. The van der Waals surface area contributed by atoms with Crippen LogP contribution in [0.1, 0.15) is 18.1 Å². The van der Waals surface area contributed by atoms with Crippen LogP contribution in [-0.2, 0) is 4.79 Å². The third-order valence-electron chi connectivity index (χ3n) is 2.53. The van der Waals surface area contributed by atoms with Crippen molar-refractivity contribution in [2.24, 2.45) is 0 Å². The number of benzene rings is 1. The highest BCUT2D eigenvalue weighted by Gasteiger charge is 2.22. The van der Waals surface area contributed by atoms with Crippen molar-refractivity contribution in [1.82, 2.24) is 0 Å². The van der Waals surface area contributed by atoms with Gasteiger partial charge >= 0.3 is 7.12 Å². The van der Waals surface area contributed by atoms with Crippen LogP contribution in [0.4, 0.5) is 5.69 Å². The normalized spacial score (nSPS) is 10.0. The lowest BCUT2D eigenvalue weighted by Crippen LogP contribution is -2.32. The van der Waals surface area contributed by atoms with Crippen LogP contribution in [0.15, 0.2) is 6.07 Å². The van der Waals surface area contributed by atoms with Gasteiger partial charge in [-0.1, -0.05) is 6.07 Å². The van der Waals surface area contributed by atoms with Crippen LogP contribution in [0.2, 0.25) is 0 Å². The SMILES string of the molecule is COc1c(B(O)O)cc(C)c(NC(C)=O)c1C. The molecule has 0 fully saturated rings. The van der Waals surface area contributed by atoms with E-state index in [-0.39, 0.29) is 11.4 Å². The van der Waals surface area contributed by atoms with E-state index in [0.717, 1.165) is 5.56 Å². The minimum absolute atomic E-state index is 0.185. The monoisotopic (exact) mass is 237 g/mol. The predicted molar refractivity (Wildman–Crippen MR) is 66.6 cm³/mol. The molecule has 0 atom stereocenters. The van der Waals surface area contributed by atoms with Gasteiger partial charge < -0.3 is 20.1 Å². The van der Waals surface area contributed by atoms with E-state index in [1.54, 1.807) is 19.9 Å². The van der Waals surface area contributed by atoms with Crippen LogP contribution in [0.25, 0.3) is 0 Å². The fourth-order valence-electron chi connectivity index (χ4n) is 1.83. The van der Waals surface area contributed by atoms with Gasteiger partial charge in [0, 0.05) is 17.9 Å². The van der Waals surface area contributed by atoms with Crippen LogP contribution in [0.3, 0.4) is 0 Å². The summed E-state index contributed by atoms with van der Waals surface area (Å²) >= 11 is 0. The molecule has 0 saturated carbocycles. The summed E-state index contributed by atoms with van der Waals surface area (Å²) in [7, 11) is -0.158. The molecule has 0 aliphatic rings. The zero-order chi connectivity index (χ0) is 13.2. The van der Waals surface area contributed by atoms with Crippen molar-refractivity contribution >= 4 is 24.2 Å². The first-order chi connectivity index (χ1) is 7.88. The third-order valence-corrected chi connectivity index (χ3v) is 2.53. The van der Waals surface area contributed by atoms with Gasteiger partial charge in [0.1, 0.15) is 5.75 Å². The van der Waals surface area contributed by atoms with Crippen LogP contribution >= 0.6 is 0 Å². The Morgan fingerprint density at radius 2 is 2.00 bits per heavy atom. The Bertz CT molecular complexity index is 446. The Morgan fingerprint density at radius 3 is 2.41 bits per heavy atom. The molecule has 0 aromatic heterocycles. The van der Waals surface area contributed by atoms with Crippen LogP contribution < -0.4 is 15.5 Å². The van der Waals surface area contributed by atoms with Crippen molar-refractivity contribution < 1.29 is 19.6 Å². The second kappa shape index (κ2) is 5.20. The van der Waals surface area contributed by atoms with E-state index in [1.165, 1.54) is 14.0 Å². The molecule has 1 aromatic carbocycles. The molecule has 1 aromatic rings. The Hall–Kier alpha value is -1.53. The van der Waals surface area contributed by atoms with Gasteiger partial charge in [0.15, 0.2) is 0 Å². The number of aryl methyl sites for hydroxylation is 1. The van der Waals surface area contributed by atoms with Gasteiger partial charge in [-0.3, -0.25) is 4.79 Å². The zero-order valence-electron chi connectivity index (χ0n) is 10.4. The van der Waals surface area contributed by atoms with E-state index in [9.17, 15) is 14.8 Å². The molecule has 0 aliphatic heterocycles. The Kier molecular flexibility index (Phi) is 4.14. The highest BCUT2D eigenvalue weighted by molar-refractivity contribution is 6.60. The standard InChI is InChI=1S/C11H16BNO4/c1-6-5-9(12(15)16)11(17-4)7(2)10(6)13-8(3)14/h5,15-16H,1-4H3,(H,13,14). The fraction of sp³-hybridized carbons (Fsp3) is 0.364. The number of carbonyl (C=O) groups excluding carboxylic acids is 1. The number of hydrogen-bond donors (Lipinski definition) is 3. The van der Waals surface area contributed by atoms with Gasteiger partial charge in [-0.15, -0.1) is 0 Å². The van der Waals surface area contributed by atoms with Gasteiger partial charge in [0.05, 0.1) is 12.8 Å². The summed E-state index contributed by atoms with van der Waals surface area (Å²) in [5.74, 6) is 0.185. The summed E-state index contributed by atoms with van der Waals surface area (Å²) in [5.41, 5.74) is 2.35. The van der Waals surface area contributed by atoms with E-state index < -0.39 is 7.12 Å². The molecule has 0 radical (unpaired) electrons. The molecule has 17 heavy (non-hydrogen) atoms. The second-order valence-electron chi connectivity index (χ2n) is 3.87. The number of anilines is 1. The van der Waals surface area contributed by atoms with Gasteiger partial charge in [0.25, 0.3) is 0 Å². The maximum atomic E-state index is 11.1. The van der Waals surface area contributed by atoms with Crippen molar-refractivity contribution in [2.75, 3.05) is 12.4 Å². The molecule has 0 heterocycles. The largest absolute Gasteiger partial charge is 0.497 e. The Morgan fingerprint density at radius 1 is 1.41 bits per heavy atom. The van der Waals surface area contributed by atoms with Gasteiger partial charge in [-0.05, 0) is 19.4 Å². The van der Waals surface area contributed by atoms with Crippen molar-refractivity contribution in [3.63, 3.8) is 0 Å². The van der Waals surface area contributed by atoms with E-state index in [1.807, 2.05) is 0 Å². The van der Waals surface area contributed by atoms with Crippen molar-refractivity contribution in [1.29, 1.82) is 0 Å². The number of nitrogens with one attached hydrogen (secondary N) is 1. The molecule has 0 unspecified atom stereocenters. The molecule has 0 spiro atoms. The Labute approximate surface area is 101 Å². The lowest BCUT2D eigenvalue weighted by molar-refractivity contribution is -0.114. The highest BCUT2D eigenvalue weighted by Crippen LogP contribution is 2.27. The molecule has 0 aliphatic carbocycles. The van der Waals surface area contributed by atoms with E-state index in [4.69, 9.17) is 4.74 Å². The summed E-state index contributed by atoms with van der Waals surface area (Å²) in [5, 5.41) is 21.2. The molecular formula is C11H16BNO4. The second-order valence-corrected chi connectivity index (χ2v) is 3.87. The molecule has 1 amide bonds. The third kappa shape index (κ3) is 2.78. The maximum absolute atomic E-state index is 11.1. The van der Waals surface area contributed by atoms with E-state index in [2.05, 4.69) is 5.32 Å². The maximum Gasteiger partial charge on any atom is 0.492 e. The van der Waals surface area contributed by atoms with Gasteiger partial charge in [-0.25, -0.2) is 0 Å². The average Bonchev–Trinajstić information content (AvgIpc) is 2.23. The topological polar surface area (TPSA) is 78.8 Å². The summed E-state index contributed by atoms with van der Waals surface area (Å²) in [4.78, 5) is 11.1. The number of hydrogen-bond acceptors (Lipinski definition) is 4. The number of carbonyl (C=O) groups is 1. The van der Waals surface area contributed by atoms with Gasteiger partial charge in [0.2, 0.25) is 5.91 Å². The minimum atomic E-state index is -1.60. The predicted octanol–water partition coefficient (Wildman–Crippen LogP) is -0.0498. The minimum Gasteiger partial charge on any atom is -0.497 e. The summed E-state index contributed by atoms with van der Waals surface area (Å²) < 4.78 is 5.14. The number of ether oxygens (including phenoxy) is 1. The number of methoxy groups -OCH3 is 1. The number of rotatable bonds is 3. The molecule has 0 bridgehead atoms. The van der Waals surface area contributed by atoms with Crippen LogP contribution in [0, 0.1) is 13.8 Å². The lowest BCUT2D eigenvalue weighted by atomic mass is 9.77. The summed E-state index contributed by atoms with van der Waals surface area (Å²) in [6.07, 6.45) is 0. The fourth-order valence-corrected chi connectivity index (χ4v) is 1.83. The Balaban J connectivity index is 3.40. The van der Waals surface area contributed by atoms with Crippen molar-refractivity contribution in [2.45, 2.75) is 20.8 Å². The van der Waals surface area contributed by atoms with E-state index in [0.29, 0.717) is 17.0 Å². The molecule has 92 valence electrons. The first-order valence-corrected chi connectivity index (χ1v) is 5.20. The summed E-state index contributed by atoms with van der Waals surface area (Å²) in [6.45, 7) is 4.95. The van der Waals surface area contributed by atoms with Crippen LogP contribution in [-0.4, -0.2) is 30.2 Å². The molecular weight excluding hydrogens is 221 g/mol. The number of amides is 1. The summed E-state index contributed by atoms with van der Waals surface area (Å²) in [6, 6.07) is 1.59. The van der Waals surface area contributed by atoms with Crippen molar-refractivity contribution in [3.8, 4) is 5.75 Å². The molecule has 0 saturated heterocycles. The van der Waals surface area contributed by atoms with Crippen LogP contribution in [0.5, 0.6) is 5.75 Å². The molecule has 5 nitrogen and oxygen atoms in total. The first-order valence-electron chi connectivity index (χ1n) is 5.20. The quantitative estimate of drug-likeness (QED) is 0.644. The van der Waals surface area contributed by atoms with E-state index >= 15 is 0 Å². The zero-order valence-corrected chi connectivity index (χ0v) is 10.4.